The van der Waals surface area contributed by atoms with Crippen LogP contribution in [0.4, 0.5) is 5.95 Å². The number of fused-ring (bicyclic) bond motifs is 1. The number of H-pyrrole nitrogens is 1. The van der Waals surface area contributed by atoms with Crippen molar-refractivity contribution in [2.75, 3.05) is 5.32 Å². The second-order valence-corrected chi connectivity index (χ2v) is 6.20. The van der Waals surface area contributed by atoms with Gasteiger partial charge in [-0.05, 0) is 42.8 Å². The van der Waals surface area contributed by atoms with Gasteiger partial charge in [-0.3, -0.25) is 14.5 Å². The van der Waals surface area contributed by atoms with Crippen molar-refractivity contribution < 1.29 is 4.79 Å². The number of hydrogen-bond donors (Lipinski definition) is 2. The molecular formula is C19H17N7O. The van der Waals surface area contributed by atoms with E-state index in [2.05, 4.69) is 25.9 Å². The highest BCUT2D eigenvalue weighted by Gasteiger charge is 2.13. The molecule has 0 radical (unpaired) electrons. The summed E-state index contributed by atoms with van der Waals surface area (Å²) in [5.41, 5.74) is 5.73. The number of aromatic amines is 1. The van der Waals surface area contributed by atoms with Crippen molar-refractivity contribution in [2.24, 2.45) is 0 Å². The summed E-state index contributed by atoms with van der Waals surface area (Å²) in [5.74, 6) is -0.231. The summed E-state index contributed by atoms with van der Waals surface area (Å²) in [7, 11) is 0. The molecule has 0 aliphatic heterocycles. The molecule has 8 nitrogen and oxygen atoms in total. The molecule has 0 atom stereocenters. The van der Waals surface area contributed by atoms with Crippen molar-refractivity contribution in [3.05, 3.63) is 65.5 Å². The van der Waals surface area contributed by atoms with Crippen molar-refractivity contribution in [1.29, 1.82) is 0 Å². The van der Waals surface area contributed by atoms with Crippen LogP contribution >= 0.6 is 0 Å². The van der Waals surface area contributed by atoms with Crippen LogP contribution in [0.15, 0.2) is 48.7 Å². The number of amides is 1. The van der Waals surface area contributed by atoms with Crippen molar-refractivity contribution >= 4 is 23.6 Å². The molecule has 0 aliphatic rings. The number of nitrogens with zero attached hydrogens (tertiary/aromatic N) is 5. The standard InChI is InChI=1S/C19H17N7O/c1-12-3-5-14(6-4-12)18-15(26-10-9-13(2)11-16(26)20-18)7-8-17(27)21-19-22-24-25-23-19/h3-11H,1-2H3,(H2,21,22,23,24,25,27)/b8-7+. The average Bonchev–Trinajstić information content (AvgIpc) is 3.28. The summed E-state index contributed by atoms with van der Waals surface area (Å²) in [6.07, 6.45) is 5.11. The average molecular weight is 359 g/mol. The minimum atomic E-state index is -0.353. The van der Waals surface area contributed by atoms with Crippen LogP contribution in [0.5, 0.6) is 0 Å². The van der Waals surface area contributed by atoms with Crippen LogP contribution in [0.25, 0.3) is 23.0 Å². The summed E-state index contributed by atoms with van der Waals surface area (Å²) in [5, 5.41) is 15.6. The van der Waals surface area contributed by atoms with E-state index in [0.717, 1.165) is 28.2 Å². The molecule has 3 aromatic heterocycles. The first-order valence-corrected chi connectivity index (χ1v) is 8.38. The SMILES string of the molecule is Cc1ccc(-c2nc3cc(C)ccn3c2/C=C/C(=O)Nc2nn[nH]n2)cc1. The third-order valence-corrected chi connectivity index (χ3v) is 4.12. The highest BCUT2D eigenvalue weighted by molar-refractivity contribution is 6.01. The number of pyridine rings is 1. The number of anilines is 1. The molecule has 4 rings (SSSR count). The van der Waals surface area contributed by atoms with Gasteiger partial charge in [0.2, 0.25) is 0 Å². The predicted molar refractivity (Wildman–Crippen MR) is 102 cm³/mol. The molecule has 0 aliphatic carbocycles. The predicted octanol–water partition coefficient (Wildman–Crippen LogP) is 2.78. The number of imidazole rings is 1. The first kappa shape index (κ1) is 16.6. The number of rotatable bonds is 4. The lowest BCUT2D eigenvalue weighted by Gasteiger charge is -2.02. The van der Waals surface area contributed by atoms with Crippen LogP contribution in [0.2, 0.25) is 0 Å². The minimum absolute atomic E-state index is 0.122. The summed E-state index contributed by atoms with van der Waals surface area (Å²) >= 11 is 0. The largest absolute Gasteiger partial charge is 0.300 e. The van der Waals surface area contributed by atoms with Crippen LogP contribution in [-0.2, 0) is 4.79 Å². The second kappa shape index (κ2) is 6.83. The molecule has 134 valence electrons. The highest BCUT2D eigenvalue weighted by Crippen LogP contribution is 2.26. The van der Waals surface area contributed by atoms with Gasteiger partial charge in [-0.1, -0.05) is 34.9 Å². The van der Waals surface area contributed by atoms with Gasteiger partial charge in [0.1, 0.15) is 5.65 Å². The van der Waals surface area contributed by atoms with Gasteiger partial charge in [-0.2, -0.15) is 5.21 Å². The molecule has 0 bridgehead atoms. The van der Waals surface area contributed by atoms with Gasteiger partial charge < -0.3 is 0 Å². The maximum Gasteiger partial charge on any atom is 0.270 e. The summed E-state index contributed by atoms with van der Waals surface area (Å²) in [6.45, 7) is 4.06. The second-order valence-electron chi connectivity index (χ2n) is 6.20. The molecular weight excluding hydrogens is 342 g/mol. The Morgan fingerprint density at radius 1 is 1.15 bits per heavy atom. The van der Waals surface area contributed by atoms with Crippen LogP contribution in [-0.4, -0.2) is 35.9 Å². The van der Waals surface area contributed by atoms with E-state index in [4.69, 9.17) is 4.98 Å². The van der Waals surface area contributed by atoms with Crippen LogP contribution in [0.3, 0.4) is 0 Å². The van der Waals surface area contributed by atoms with Crippen molar-refractivity contribution in [3.63, 3.8) is 0 Å². The van der Waals surface area contributed by atoms with Crippen LogP contribution in [0.1, 0.15) is 16.8 Å². The lowest BCUT2D eigenvalue weighted by Crippen LogP contribution is -2.09. The van der Waals surface area contributed by atoms with E-state index in [1.54, 1.807) is 6.08 Å². The molecule has 27 heavy (non-hydrogen) atoms. The molecule has 0 fully saturated rings. The normalized spacial score (nSPS) is 11.3. The molecule has 3 heterocycles. The molecule has 0 saturated heterocycles. The van der Waals surface area contributed by atoms with E-state index < -0.39 is 0 Å². The lowest BCUT2D eigenvalue weighted by molar-refractivity contribution is -0.111. The van der Waals surface area contributed by atoms with E-state index in [0.29, 0.717) is 0 Å². The smallest absolute Gasteiger partial charge is 0.270 e. The summed E-state index contributed by atoms with van der Waals surface area (Å²) < 4.78 is 1.96. The van der Waals surface area contributed by atoms with Crippen molar-refractivity contribution in [2.45, 2.75) is 13.8 Å². The van der Waals surface area contributed by atoms with Gasteiger partial charge in [0, 0.05) is 17.8 Å². The van der Waals surface area contributed by atoms with Crippen molar-refractivity contribution in [1.82, 2.24) is 30.0 Å². The van der Waals surface area contributed by atoms with Crippen molar-refractivity contribution in [3.8, 4) is 11.3 Å². The molecule has 2 N–H and O–H groups in total. The molecule has 1 amide bonds. The fourth-order valence-corrected chi connectivity index (χ4v) is 2.77. The maximum absolute atomic E-state index is 12.1. The highest BCUT2D eigenvalue weighted by atomic mass is 16.1. The van der Waals surface area contributed by atoms with Crippen LogP contribution in [0, 0.1) is 13.8 Å². The Kier molecular flexibility index (Phi) is 4.21. The Morgan fingerprint density at radius 3 is 2.70 bits per heavy atom. The van der Waals surface area contributed by atoms with Crippen LogP contribution < -0.4 is 5.32 Å². The number of hydrogen-bond acceptors (Lipinski definition) is 5. The topological polar surface area (TPSA) is 101 Å². The fourth-order valence-electron chi connectivity index (χ4n) is 2.77. The van der Waals surface area contributed by atoms with E-state index in [9.17, 15) is 4.79 Å². The Balaban J connectivity index is 1.75. The number of tetrazole rings is 1. The van der Waals surface area contributed by atoms with Gasteiger partial charge in [0.15, 0.2) is 0 Å². The zero-order chi connectivity index (χ0) is 18.8. The summed E-state index contributed by atoms with van der Waals surface area (Å²) in [6, 6.07) is 12.2. The van der Waals surface area contributed by atoms with Gasteiger partial charge in [0.05, 0.1) is 11.4 Å². The molecule has 4 aromatic rings. The third kappa shape index (κ3) is 3.45. The molecule has 0 unspecified atom stereocenters. The Morgan fingerprint density at radius 2 is 1.96 bits per heavy atom. The Hall–Kier alpha value is -3.81. The molecule has 0 spiro atoms. The summed E-state index contributed by atoms with van der Waals surface area (Å²) in [4.78, 5) is 16.9. The number of benzene rings is 1. The van der Waals surface area contributed by atoms with E-state index in [1.165, 1.54) is 11.6 Å². The van der Waals surface area contributed by atoms with Gasteiger partial charge in [0.25, 0.3) is 11.9 Å². The lowest BCUT2D eigenvalue weighted by atomic mass is 10.1. The molecule has 0 saturated carbocycles. The van der Waals surface area contributed by atoms with E-state index in [-0.39, 0.29) is 11.9 Å². The van der Waals surface area contributed by atoms with E-state index >= 15 is 0 Å². The Labute approximate surface area is 155 Å². The number of carbonyl (C=O) groups is 1. The van der Waals surface area contributed by atoms with Gasteiger partial charge in [-0.25, -0.2) is 4.98 Å². The van der Waals surface area contributed by atoms with Gasteiger partial charge in [-0.15, -0.1) is 5.10 Å². The zero-order valence-electron chi connectivity index (χ0n) is 14.8. The number of aryl methyl sites for hydroxylation is 2. The minimum Gasteiger partial charge on any atom is -0.300 e. The number of carbonyl (C=O) groups excluding carboxylic acids is 1. The molecule has 8 heteroatoms. The van der Waals surface area contributed by atoms with Gasteiger partial charge >= 0.3 is 0 Å². The molecule has 1 aromatic carbocycles. The fraction of sp³-hybridized carbons (Fsp3) is 0.105. The Bertz CT molecular complexity index is 1130. The maximum atomic E-state index is 12.1. The third-order valence-electron chi connectivity index (χ3n) is 4.12. The monoisotopic (exact) mass is 359 g/mol. The number of aromatic nitrogens is 6. The van der Waals surface area contributed by atoms with E-state index in [1.807, 2.05) is 60.8 Å². The first-order valence-electron chi connectivity index (χ1n) is 8.38. The number of nitrogens with one attached hydrogen (secondary N) is 2. The first-order chi connectivity index (χ1) is 13.1. The quantitative estimate of drug-likeness (QED) is 0.546. The zero-order valence-corrected chi connectivity index (χ0v) is 14.8.